The first-order chi connectivity index (χ1) is 4.70. The number of primary amides is 1. The van der Waals surface area contributed by atoms with Gasteiger partial charge < -0.3 is 5.73 Å². The summed E-state index contributed by atoms with van der Waals surface area (Å²) in [5, 5.41) is 0. The molecule has 1 aliphatic rings. The van der Waals surface area contributed by atoms with Crippen LogP contribution in [0.2, 0.25) is 0 Å². The first-order valence-electron chi connectivity index (χ1n) is 3.49. The summed E-state index contributed by atoms with van der Waals surface area (Å²) in [6.07, 6.45) is 1.62. The summed E-state index contributed by atoms with van der Waals surface area (Å²) in [6.45, 7) is 1.57. The van der Waals surface area contributed by atoms with E-state index in [4.69, 9.17) is 12.8 Å². The van der Waals surface area contributed by atoms with Gasteiger partial charge in [-0.05, 0) is 25.9 Å². The average molecular weight is 140 g/mol. The standard InChI is InChI=1S/C7H12N2O/c1-9-4-2-6(3-5-9)7(8)10/h1,6H,2-5H2,(H2,8,10). The number of piperidine rings is 1. The molecule has 2 radical (unpaired) electrons. The van der Waals surface area contributed by atoms with Gasteiger partial charge in [-0.25, -0.2) is 0 Å². The van der Waals surface area contributed by atoms with Gasteiger partial charge in [0.25, 0.3) is 0 Å². The minimum absolute atomic E-state index is 0.0554. The van der Waals surface area contributed by atoms with Crippen LogP contribution in [-0.4, -0.2) is 23.9 Å². The molecule has 3 heteroatoms. The Morgan fingerprint density at radius 1 is 1.50 bits per heavy atom. The third kappa shape index (κ3) is 1.70. The molecular formula is C7H12N2O. The molecule has 3 nitrogen and oxygen atoms in total. The van der Waals surface area contributed by atoms with Crippen LogP contribution >= 0.6 is 0 Å². The van der Waals surface area contributed by atoms with E-state index in [-0.39, 0.29) is 11.8 Å². The molecule has 0 bridgehead atoms. The van der Waals surface area contributed by atoms with Crippen molar-refractivity contribution in [2.24, 2.45) is 11.7 Å². The summed E-state index contributed by atoms with van der Waals surface area (Å²) in [5.41, 5.74) is 5.11. The molecule has 1 amide bonds. The Morgan fingerprint density at radius 3 is 2.40 bits per heavy atom. The maximum Gasteiger partial charge on any atom is 0.220 e. The molecule has 0 atom stereocenters. The fourth-order valence-corrected chi connectivity index (χ4v) is 1.18. The Bertz CT molecular complexity index is 128. The lowest BCUT2D eigenvalue weighted by atomic mass is 9.97. The number of rotatable bonds is 1. The minimum Gasteiger partial charge on any atom is -0.369 e. The molecule has 0 saturated carbocycles. The van der Waals surface area contributed by atoms with Crippen LogP contribution in [-0.2, 0) is 4.79 Å². The van der Waals surface area contributed by atoms with Gasteiger partial charge >= 0.3 is 0 Å². The van der Waals surface area contributed by atoms with Crippen LogP contribution in [0.3, 0.4) is 0 Å². The van der Waals surface area contributed by atoms with Crippen molar-refractivity contribution in [1.82, 2.24) is 4.90 Å². The molecule has 10 heavy (non-hydrogen) atoms. The fourth-order valence-electron chi connectivity index (χ4n) is 1.18. The Hall–Kier alpha value is -0.570. The van der Waals surface area contributed by atoms with Crippen LogP contribution < -0.4 is 5.73 Å². The molecule has 1 saturated heterocycles. The van der Waals surface area contributed by atoms with E-state index < -0.39 is 0 Å². The van der Waals surface area contributed by atoms with Gasteiger partial charge in [-0.2, -0.15) is 0 Å². The maximum absolute atomic E-state index is 10.6. The number of nitrogens with two attached hydrogens (primary N) is 1. The Kier molecular flexibility index (Phi) is 2.27. The average Bonchev–Trinajstić information content (AvgIpc) is 1.88. The molecule has 0 unspecified atom stereocenters. The number of hydrogen-bond donors (Lipinski definition) is 1. The minimum atomic E-state index is -0.187. The highest BCUT2D eigenvalue weighted by Gasteiger charge is 2.20. The van der Waals surface area contributed by atoms with Crippen LogP contribution in [0.5, 0.6) is 0 Å². The molecule has 1 rings (SSSR count). The van der Waals surface area contributed by atoms with Gasteiger partial charge in [-0.1, -0.05) is 0 Å². The summed E-state index contributed by atoms with van der Waals surface area (Å²) < 4.78 is 0. The van der Waals surface area contributed by atoms with E-state index >= 15 is 0 Å². The van der Waals surface area contributed by atoms with Gasteiger partial charge in [0.05, 0.1) is 0 Å². The normalized spacial score (nSPS) is 22.9. The number of carbonyl (C=O) groups excluding carboxylic acids is 1. The summed E-state index contributed by atoms with van der Waals surface area (Å²) in [4.78, 5) is 12.3. The highest BCUT2D eigenvalue weighted by Crippen LogP contribution is 2.14. The first-order valence-corrected chi connectivity index (χ1v) is 3.49. The fraction of sp³-hybridized carbons (Fsp3) is 0.714. The van der Waals surface area contributed by atoms with Crippen LogP contribution in [0.25, 0.3) is 0 Å². The van der Waals surface area contributed by atoms with E-state index in [1.165, 1.54) is 0 Å². The third-order valence-corrected chi connectivity index (χ3v) is 1.93. The zero-order chi connectivity index (χ0) is 7.56. The van der Waals surface area contributed by atoms with Crippen molar-refractivity contribution in [1.29, 1.82) is 0 Å². The molecule has 2 N–H and O–H groups in total. The van der Waals surface area contributed by atoms with Crippen molar-refractivity contribution in [2.75, 3.05) is 13.1 Å². The lowest BCUT2D eigenvalue weighted by Gasteiger charge is -2.26. The molecular weight excluding hydrogens is 128 g/mol. The zero-order valence-corrected chi connectivity index (χ0v) is 5.92. The van der Waals surface area contributed by atoms with E-state index in [0.717, 1.165) is 25.9 Å². The van der Waals surface area contributed by atoms with E-state index in [1.807, 2.05) is 0 Å². The van der Waals surface area contributed by atoms with Crippen molar-refractivity contribution in [2.45, 2.75) is 12.8 Å². The number of likely N-dealkylation sites (tertiary alicyclic amines) is 1. The van der Waals surface area contributed by atoms with E-state index in [0.29, 0.717) is 0 Å². The number of nitrogens with zero attached hydrogens (tertiary/aromatic N) is 1. The predicted molar refractivity (Wildman–Crippen MR) is 37.8 cm³/mol. The van der Waals surface area contributed by atoms with Crippen molar-refractivity contribution in [3.8, 4) is 0 Å². The number of amides is 1. The lowest BCUT2D eigenvalue weighted by Crippen LogP contribution is -2.35. The lowest BCUT2D eigenvalue weighted by molar-refractivity contribution is -0.122. The van der Waals surface area contributed by atoms with Gasteiger partial charge in [-0.3, -0.25) is 9.69 Å². The number of carbonyl (C=O) groups is 1. The molecule has 0 aliphatic carbocycles. The largest absolute Gasteiger partial charge is 0.369 e. The second-order valence-corrected chi connectivity index (χ2v) is 2.71. The third-order valence-electron chi connectivity index (χ3n) is 1.93. The van der Waals surface area contributed by atoms with Crippen LogP contribution in [0, 0.1) is 13.0 Å². The summed E-state index contributed by atoms with van der Waals surface area (Å²) in [7, 11) is 5.48. The second-order valence-electron chi connectivity index (χ2n) is 2.71. The van der Waals surface area contributed by atoms with Crippen LogP contribution in [0.4, 0.5) is 0 Å². The first kappa shape index (κ1) is 7.54. The predicted octanol–water partition coefficient (Wildman–Crippen LogP) is -0.148. The molecule has 0 aromatic carbocycles. The van der Waals surface area contributed by atoms with E-state index in [2.05, 4.69) is 0 Å². The molecule has 0 spiro atoms. The molecule has 1 heterocycles. The SMILES string of the molecule is [CH]N1CCC(C(N)=O)CC1. The van der Waals surface area contributed by atoms with Gasteiger partial charge in [-0.15, -0.1) is 0 Å². The Morgan fingerprint density at radius 2 is 2.00 bits per heavy atom. The Labute approximate surface area is 61.2 Å². The van der Waals surface area contributed by atoms with Crippen LogP contribution in [0.1, 0.15) is 12.8 Å². The summed E-state index contributed by atoms with van der Waals surface area (Å²) in [5.74, 6) is -0.132. The van der Waals surface area contributed by atoms with E-state index in [9.17, 15) is 4.79 Å². The van der Waals surface area contributed by atoms with Crippen molar-refractivity contribution in [3.63, 3.8) is 0 Å². The van der Waals surface area contributed by atoms with Gasteiger partial charge in [0.15, 0.2) is 0 Å². The molecule has 1 aliphatic heterocycles. The zero-order valence-electron chi connectivity index (χ0n) is 5.92. The van der Waals surface area contributed by atoms with Gasteiger partial charge in [0.2, 0.25) is 5.91 Å². The Balaban J connectivity index is 2.33. The maximum atomic E-state index is 10.6. The topological polar surface area (TPSA) is 46.3 Å². The number of hydrogen-bond acceptors (Lipinski definition) is 2. The van der Waals surface area contributed by atoms with Crippen LogP contribution in [0.15, 0.2) is 0 Å². The quantitative estimate of drug-likeness (QED) is 0.550. The molecule has 56 valence electrons. The highest BCUT2D eigenvalue weighted by atomic mass is 16.1. The van der Waals surface area contributed by atoms with Crippen molar-refractivity contribution in [3.05, 3.63) is 7.05 Å². The van der Waals surface area contributed by atoms with Gasteiger partial charge in [0.1, 0.15) is 0 Å². The molecule has 1 fully saturated rings. The summed E-state index contributed by atoms with van der Waals surface area (Å²) >= 11 is 0. The monoisotopic (exact) mass is 140 g/mol. The van der Waals surface area contributed by atoms with E-state index in [1.54, 1.807) is 4.90 Å². The molecule has 0 aromatic heterocycles. The van der Waals surface area contributed by atoms with Crippen molar-refractivity contribution >= 4 is 5.91 Å². The second kappa shape index (κ2) is 3.01. The van der Waals surface area contributed by atoms with Gasteiger partial charge in [0, 0.05) is 13.0 Å². The summed E-state index contributed by atoms with van der Waals surface area (Å²) in [6, 6.07) is 0. The smallest absolute Gasteiger partial charge is 0.220 e. The van der Waals surface area contributed by atoms with Crippen molar-refractivity contribution < 1.29 is 4.79 Å². The molecule has 0 aromatic rings. The highest BCUT2D eigenvalue weighted by molar-refractivity contribution is 5.76.